The van der Waals surface area contributed by atoms with Gasteiger partial charge in [0.1, 0.15) is 0 Å². The van der Waals surface area contributed by atoms with Crippen molar-refractivity contribution in [3.8, 4) is 28.1 Å². The SMILES string of the molecule is NC(=O)c1cncc(-c2cnc(OCC(F)(F)F)c(-c3ccc(Cl)cc3)c2)c1. The fourth-order valence-corrected chi connectivity index (χ4v) is 2.57. The van der Waals surface area contributed by atoms with E-state index in [1.165, 1.54) is 24.7 Å². The molecule has 0 aliphatic carbocycles. The molecule has 0 radical (unpaired) electrons. The minimum absolute atomic E-state index is 0.178. The summed E-state index contributed by atoms with van der Waals surface area (Å²) in [6, 6.07) is 9.61. The molecule has 0 unspecified atom stereocenters. The Hall–Kier alpha value is -3.13. The summed E-state index contributed by atoms with van der Waals surface area (Å²) in [5.41, 5.74) is 7.42. The maximum Gasteiger partial charge on any atom is 0.422 e. The van der Waals surface area contributed by atoms with E-state index in [4.69, 9.17) is 22.1 Å². The zero-order chi connectivity index (χ0) is 20.3. The van der Waals surface area contributed by atoms with Gasteiger partial charge in [0, 0.05) is 40.3 Å². The molecule has 3 aromatic rings. The first kappa shape index (κ1) is 19.6. The Kier molecular flexibility index (Phi) is 5.51. The number of nitrogens with two attached hydrogens (primary N) is 1. The number of pyridine rings is 2. The van der Waals surface area contributed by atoms with Crippen LogP contribution in [0, 0.1) is 0 Å². The molecular weight excluding hydrogens is 395 g/mol. The van der Waals surface area contributed by atoms with Gasteiger partial charge in [-0.1, -0.05) is 23.7 Å². The molecule has 1 aromatic carbocycles. The summed E-state index contributed by atoms with van der Waals surface area (Å²) in [5.74, 6) is -0.826. The molecule has 0 atom stereocenters. The summed E-state index contributed by atoms with van der Waals surface area (Å²) in [7, 11) is 0. The van der Waals surface area contributed by atoms with Gasteiger partial charge >= 0.3 is 6.18 Å². The number of ether oxygens (including phenoxy) is 1. The van der Waals surface area contributed by atoms with Crippen molar-refractivity contribution in [3.05, 3.63) is 65.6 Å². The highest BCUT2D eigenvalue weighted by molar-refractivity contribution is 6.30. The highest BCUT2D eigenvalue weighted by Gasteiger charge is 2.29. The van der Waals surface area contributed by atoms with Crippen LogP contribution >= 0.6 is 11.6 Å². The second-order valence-corrected chi connectivity index (χ2v) is 6.25. The van der Waals surface area contributed by atoms with Crippen molar-refractivity contribution >= 4 is 17.5 Å². The van der Waals surface area contributed by atoms with Gasteiger partial charge in [-0.3, -0.25) is 9.78 Å². The number of rotatable bonds is 5. The number of carbonyl (C=O) groups is 1. The van der Waals surface area contributed by atoms with E-state index in [2.05, 4.69) is 9.97 Å². The van der Waals surface area contributed by atoms with E-state index in [1.54, 1.807) is 30.3 Å². The summed E-state index contributed by atoms with van der Waals surface area (Å²) < 4.78 is 42.6. The van der Waals surface area contributed by atoms with E-state index in [0.29, 0.717) is 27.3 Å². The third-order valence-electron chi connectivity index (χ3n) is 3.74. The fourth-order valence-electron chi connectivity index (χ4n) is 2.44. The van der Waals surface area contributed by atoms with Crippen molar-refractivity contribution in [2.24, 2.45) is 5.73 Å². The Bertz CT molecular complexity index is 1010. The van der Waals surface area contributed by atoms with Gasteiger partial charge in [-0.25, -0.2) is 4.98 Å². The number of hydrogen-bond donors (Lipinski definition) is 1. The van der Waals surface area contributed by atoms with Crippen molar-refractivity contribution in [1.29, 1.82) is 0 Å². The monoisotopic (exact) mass is 407 g/mol. The zero-order valence-corrected chi connectivity index (χ0v) is 15.0. The van der Waals surface area contributed by atoms with E-state index in [-0.39, 0.29) is 11.4 Å². The van der Waals surface area contributed by atoms with Gasteiger partial charge in [0.15, 0.2) is 6.61 Å². The number of amides is 1. The molecule has 2 aromatic heterocycles. The number of hydrogen-bond acceptors (Lipinski definition) is 4. The minimum Gasteiger partial charge on any atom is -0.468 e. The Morgan fingerprint density at radius 2 is 1.71 bits per heavy atom. The number of primary amides is 1. The van der Waals surface area contributed by atoms with Crippen LogP contribution in [0.1, 0.15) is 10.4 Å². The van der Waals surface area contributed by atoms with Gasteiger partial charge in [-0.2, -0.15) is 13.2 Å². The summed E-state index contributed by atoms with van der Waals surface area (Å²) in [6.45, 7) is -1.47. The first-order valence-corrected chi connectivity index (χ1v) is 8.31. The van der Waals surface area contributed by atoms with E-state index < -0.39 is 18.7 Å². The fraction of sp³-hybridized carbons (Fsp3) is 0.105. The van der Waals surface area contributed by atoms with Crippen molar-refractivity contribution in [2.75, 3.05) is 6.61 Å². The lowest BCUT2D eigenvalue weighted by Gasteiger charge is -2.14. The predicted molar refractivity (Wildman–Crippen MR) is 98.0 cm³/mol. The van der Waals surface area contributed by atoms with E-state index in [0.717, 1.165) is 0 Å². The van der Waals surface area contributed by atoms with Gasteiger partial charge in [-0.15, -0.1) is 0 Å². The van der Waals surface area contributed by atoms with Crippen LogP contribution in [0.5, 0.6) is 5.88 Å². The number of alkyl halides is 3. The van der Waals surface area contributed by atoms with Gasteiger partial charge in [-0.05, 0) is 29.8 Å². The third-order valence-corrected chi connectivity index (χ3v) is 3.99. The summed E-state index contributed by atoms with van der Waals surface area (Å²) >= 11 is 5.89. The maximum atomic E-state index is 12.6. The molecule has 144 valence electrons. The van der Waals surface area contributed by atoms with Crippen LogP contribution in [0.15, 0.2) is 55.0 Å². The average molecular weight is 408 g/mol. The van der Waals surface area contributed by atoms with Crippen LogP contribution in [0.3, 0.4) is 0 Å². The van der Waals surface area contributed by atoms with Crippen molar-refractivity contribution in [2.45, 2.75) is 6.18 Å². The Labute approximate surface area is 162 Å². The second kappa shape index (κ2) is 7.85. The van der Waals surface area contributed by atoms with Gasteiger partial charge < -0.3 is 10.5 Å². The number of aromatic nitrogens is 2. The molecule has 0 saturated heterocycles. The van der Waals surface area contributed by atoms with E-state index in [9.17, 15) is 18.0 Å². The third kappa shape index (κ3) is 4.77. The quantitative estimate of drug-likeness (QED) is 0.675. The normalized spacial score (nSPS) is 11.3. The van der Waals surface area contributed by atoms with Crippen LogP contribution < -0.4 is 10.5 Å². The van der Waals surface area contributed by atoms with Crippen LogP contribution in [-0.2, 0) is 0 Å². The standard InChI is InChI=1S/C19H13ClF3N3O2/c20-15-3-1-11(2-4-15)16-6-13(9-26-18(16)28-10-19(21,22)23)12-5-14(17(24)27)8-25-7-12/h1-9H,10H2,(H2,24,27). The molecular formula is C19H13ClF3N3O2. The molecule has 0 saturated carbocycles. The molecule has 5 nitrogen and oxygen atoms in total. The summed E-state index contributed by atoms with van der Waals surface area (Å²) in [6.07, 6.45) is -0.351. The largest absolute Gasteiger partial charge is 0.468 e. The lowest BCUT2D eigenvalue weighted by Crippen LogP contribution is -2.20. The van der Waals surface area contributed by atoms with Crippen LogP contribution in [0.4, 0.5) is 13.2 Å². The predicted octanol–water partition coefficient (Wildman–Crippen LogP) is 4.50. The molecule has 0 spiro atoms. The van der Waals surface area contributed by atoms with Crippen LogP contribution in [0.2, 0.25) is 5.02 Å². The number of halogens is 4. The lowest BCUT2D eigenvalue weighted by atomic mass is 10.0. The molecule has 1 amide bonds. The number of carbonyl (C=O) groups excluding carboxylic acids is 1. The highest BCUT2D eigenvalue weighted by atomic mass is 35.5. The lowest BCUT2D eigenvalue weighted by molar-refractivity contribution is -0.154. The molecule has 9 heteroatoms. The summed E-state index contributed by atoms with van der Waals surface area (Å²) in [5, 5.41) is 0.476. The van der Waals surface area contributed by atoms with Crippen LogP contribution in [-0.4, -0.2) is 28.7 Å². The molecule has 0 aliphatic heterocycles. The van der Waals surface area contributed by atoms with Crippen molar-refractivity contribution < 1.29 is 22.7 Å². The molecule has 28 heavy (non-hydrogen) atoms. The molecule has 0 bridgehead atoms. The first-order chi connectivity index (χ1) is 13.2. The summed E-state index contributed by atoms with van der Waals surface area (Å²) in [4.78, 5) is 19.4. The highest BCUT2D eigenvalue weighted by Crippen LogP contribution is 2.34. The molecule has 0 aliphatic rings. The van der Waals surface area contributed by atoms with Crippen LogP contribution in [0.25, 0.3) is 22.3 Å². The molecule has 3 rings (SSSR count). The zero-order valence-electron chi connectivity index (χ0n) is 14.2. The minimum atomic E-state index is -4.50. The number of benzene rings is 1. The Balaban J connectivity index is 2.07. The average Bonchev–Trinajstić information content (AvgIpc) is 2.66. The smallest absolute Gasteiger partial charge is 0.422 e. The van der Waals surface area contributed by atoms with E-state index >= 15 is 0 Å². The van der Waals surface area contributed by atoms with Gasteiger partial charge in [0.05, 0.1) is 5.56 Å². The van der Waals surface area contributed by atoms with E-state index in [1.807, 2.05) is 0 Å². The van der Waals surface area contributed by atoms with Crippen molar-refractivity contribution in [1.82, 2.24) is 9.97 Å². The Morgan fingerprint density at radius 1 is 1.04 bits per heavy atom. The molecule has 2 heterocycles. The Morgan fingerprint density at radius 3 is 2.36 bits per heavy atom. The second-order valence-electron chi connectivity index (χ2n) is 5.81. The van der Waals surface area contributed by atoms with Gasteiger partial charge in [0.25, 0.3) is 0 Å². The van der Waals surface area contributed by atoms with Gasteiger partial charge in [0.2, 0.25) is 11.8 Å². The maximum absolute atomic E-state index is 12.6. The number of nitrogens with zero attached hydrogens (tertiary/aromatic N) is 2. The topological polar surface area (TPSA) is 78.1 Å². The first-order valence-electron chi connectivity index (χ1n) is 7.94. The molecule has 2 N–H and O–H groups in total. The van der Waals surface area contributed by atoms with Crippen molar-refractivity contribution in [3.63, 3.8) is 0 Å². The molecule has 0 fully saturated rings.